The normalized spacial score (nSPS) is 13.9. The van der Waals surface area contributed by atoms with Gasteiger partial charge in [0.1, 0.15) is 5.82 Å². The lowest BCUT2D eigenvalue weighted by Gasteiger charge is -2.12. The van der Waals surface area contributed by atoms with E-state index < -0.39 is 17.6 Å². The molecule has 0 saturated heterocycles. The molecule has 0 fully saturated rings. The molecule has 2 heterocycles. The molecule has 0 spiro atoms. The average Bonchev–Trinajstić information content (AvgIpc) is 2.63. The molecule has 0 saturated carbocycles. The Kier molecular flexibility index (Phi) is 2.16. The van der Waals surface area contributed by atoms with E-state index in [0.29, 0.717) is 0 Å². The molecular formula is C12H6FN3O2. The molecule has 88 valence electrons. The minimum absolute atomic E-state index is 0.00763. The Balaban J connectivity index is 2.12. The predicted octanol–water partition coefficient (Wildman–Crippen LogP) is 1.42. The third-order valence-corrected chi connectivity index (χ3v) is 2.58. The van der Waals surface area contributed by atoms with Gasteiger partial charge in [0.15, 0.2) is 11.4 Å². The van der Waals surface area contributed by atoms with Crippen molar-refractivity contribution in [2.75, 3.05) is 4.90 Å². The number of halogens is 1. The summed E-state index contributed by atoms with van der Waals surface area (Å²) >= 11 is 0. The zero-order valence-electron chi connectivity index (χ0n) is 9.00. The Morgan fingerprint density at radius 2 is 1.61 bits per heavy atom. The van der Waals surface area contributed by atoms with Crippen LogP contribution in [0.15, 0.2) is 36.7 Å². The first-order valence-electron chi connectivity index (χ1n) is 5.14. The minimum atomic E-state index is -0.589. The molecule has 0 unspecified atom stereocenters. The van der Waals surface area contributed by atoms with Crippen molar-refractivity contribution in [2.45, 2.75) is 0 Å². The molecule has 0 aliphatic carbocycles. The second-order valence-electron chi connectivity index (χ2n) is 3.68. The molecule has 3 rings (SSSR count). The van der Waals surface area contributed by atoms with Crippen molar-refractivity contribution in [3.8, 4) is 0 Å². The van der Waals surface area contributed by atoms with Crippen LogP contribution in [0, 0.1) is 5.82 Å². The van der Waals surface area contributed by atoms with Crippen LogP contribution in [0.25, 0.3) is 0 Å². The second-order valence-corrected chi connectivity index (χ2v) is 3.68. The summed E-state index contributed by atoms with van der Waals surface area (Å²) in [6.45, 7) is 0. The molecule has 1 aliphatic heterocycles. The number of aromatic nitrogens is 2. The van der Waals surface area contributed by atoms with Crippen LogP contribution in [0.4, 0.5) is 10.1 Å². The van der Waals surface area contributed by atoms with E-state index in [1.165, 1.54) is 30.6 Å². The number of imide groups is 1. The monoisotopic (exact) mass is 243 g/mol. The molecule has 0 bridgehead atoms. The van der Waals surface area contributed by atoms with Gasteiger partial charge in [-0.2, -0.15) is 0 Å². The van der Waals surface area contributed by atoms with Gasteiger partial charge < -0.3 is 0 Å². The maximum Gasteiger partial charge on any atom is 0.286 e. The Morgan fingerprint density at radius 3 is 2.17 bits per heavy atom. The Labute approximate surface area is 101 Å². The first-order valence-corrected chi connectivity index (χ1v) is 5.14. The molecule has 1 aromatic carbocycles. The summed E-state index contributed by atoms with van der Waals surface area (Å²) in [4.78, 5) is 32.5. The summed E-state index contributed by atoms with van der Waals surface area (Å²) in [6.07, 6.45) is 2.66. The highest BCUT2D eigenvalue weighted by atomic mass is 19.1. The zero-order valence-corrected chi connectivity index (χ0v) is 9.00. The largest absolute Gasteiger partial charge is 0.286 e. The molecule has 5 nitrogen and oxygen atoms in total. The van der Waals surface area contributed by atoms with E-state index in [1.54, 1.807) is 0 Å². The number of carbonyl (C=O) groups is 2. The topological polar surface area (TPSA) is 63.2 Å². The number of rotatable bonds is 1. The lowest BCUT2D eigenvalue weighted by Crippen LogP contribution is -2.29. The highest BCUT2D eigenvalue weighted by Gasteiger charge is 2.39. The fourth-order valence-electron chi connectivity index (χ4n) is 1.80. The summed E-state index contributed by atoms with van der Waals surface area (Å²) in [7, 11) is 0. The zero-order chi connectivity index (χ0) is 12.7. The number of hydrogen-bond donors (Lipinski definition) is 0. The molecule has 6 heteroatoms. The molecule has 2 amide bonds. The third-order valence-electron chi connectivity index (χ3n) is 2.58. The number of carbonyl (C=O) groups excluding carboxylic acids is 2. The average molecular weight is 243 g/mol. The van der Waals surface area contributed by atoms with Gasteiger partial charge in [-0.1, -0.05) is 6.07 Å². The molecule has 0 atom stereocenters. The smallest absolute Gasteiger partial charge is 0.266 e. The lowest BCUT2D eigenvalue weighted by molar-refractivity contribution is 0.0923. The Morgan fingerprint density at radius 1 is 1.00 bits per heavy atom. The number of benzene rings is 1. The molecule has 18 heavy (non-hydrogen) atoms. The quantitative estimate of drug-likeness (QED) is 0.710. The van der Waals surface area contributed by atoms with E-state index in [0.717, 1.165) is 11.0 Å². The highest BCUT2D eigenvalue weighted by molar-refractivity contribution is 6.33. The van der Waals surface area contributed by atoms with E-state index in [2.05, 4.69) is 9.97 Å². The van der Waals surface area contributed by atoms with E-state index in [4.69, 9.17) is 0 Å². The van der Waals surface area contributed by atoms with Crippen molar-refractivity contribution in [3.05, 3.63) is 53.9 Å². The van der Waals surface area contributed by atoms with E-state index in [9.17, 15) is 14.0 Å². The maximum absolute atomic E-state index is 13.1. The van der Waals surface area contributed by atoms with Gasteiger partial charge in [-0.05, 0) is 18.2 Å². The van der Waals surface area contributed by atoms with Crippen LogP contribution in [0.1, 0.15) is 21.0 Å². The van der Waals surface area contributed by atoms with Gasteiger partial charge in [-0.15, -0.1) is 0 Å². The summed E-state index contributed by atoms with van der Waals surface area (Å²) in [5.41, 5.74) is 0.156. The van der Waals surface area contributed by atoms with Crippen molar-refractivity contribution >= 4 is 17.5 Å². The van der Waals surface area contributed by atoms with Gasteiger partial charge in [-0.3, -0.25) is 9.59 Å². The third kappa shape index (κ3) is 1.39. The van der Waals surface area contributed by atoms with E-state index >= 15 is 0 Å². The fourth-order valence-corrected chi connectivity index (χ4v) is 1.80. The van der Waals surface area contributed by atoms with Gasteiger partial charge >= 0.3 is 0 Å². The minimum Gasteiger partial charge on any atom is -0.266 e. The Bertz CT molecular complexity index is 637. The summed E-state index contributed by atoms with van der Waals surface area (Å²) in [5, 5.41) is 0. The van der Waals surface area contributed by atoms with Crippen LogP contribution < -0.4 is 4.90 Å². The van der Waals surface area contributed by atoms with E-state index in [1.807, 2.05) is 0 Å². The standard InChI is InChI=1S/C12H6FN3O2/c13-7-2-1-3-8(6-7)16-11(17)9-10(12(16)18)15-5-4-14-9/h1-6H. The summed E-state index contributed by atoms with van der Waals surface area (Å²) < 4.78 is 13.1. The number of amides is 2. The van der Waals surface area contributed by atoms with Crippen molar-refractivity contribution in [2.24, 2.45) is 0 Å². The van der Waals surface area contributed by atoms with Crippen molar-refractivity contribution in [1.29, 1.82) is 0 Å². The number of fused-ring (bicyclic) bond motifs is 1. The van der Waals surface area contributed by atoms with Gasteiger partial charge in [0, 0.05) is 12.4 Å². The molecule has 1 aliphatic rings. The lowest BCUT2D eigenvalue weighted by atomic mass is 10.3. The predicted molar refractivity (Wildman–Crippen MR) is 59.6 cm³/mol. The van der Waals surface area contributed by atoms with Crippen LogP contribution in [-0.2, 0) is 0 Å². The number of nitrogens with zero attached hydrogens (tertiary/aromatic N) is 3. The molecule has 2 aromatic rings. The molecule has 1 aromatic heterocycles. The fraction of sp³-hybridized carbons (Fsp3) is 0. The van der Waals surface area contributed by atoms with Gasteiger partial charge in [0.05, 0.1) is 5.69 Å². The first-order chi connectivity index (χ1) is 8.68. The SMILES string of the molecule is O=C1c2nccnc2C(=O)N1c1cccc(F)c1. The molecular weight excluding hydrogens is 237 g/mol. The van der Waals surface area contributed by atoms with Crippen molar-refractivity contribution in [3.63, 3.8) is 0 Å². The molecule has 0 N–H and O–H groups in total. The van der Waals surface area contributed by atoms with Crippen LogP contribution in [-0.4, -0.2) is 21.8 Å². The second kappa shape index (κ2) is 3.69. The maximum atomic E-state index is 13.1. The van der Waals surface area contributed by atoms with Crippen molar-refractivity contribution < 1.29 is 14.0 Å². The van der Waals surface area contributed by atoms with Crippen LogP contribution >= 0.6 is 0 Å². The van der Waals surface area contributed by atoms with E-state index in [-0.39, 0.29) is 17.1 Å². The molecule has 0 radical (unpaired) electrons. The summed E-state index contributed by atoms with van der Waals surface area (Å²) in [6, 6.07) is 5.25. The van der Waals surface area contributed by atoms with Gasteiger partial charge in [-0.25, -0.2) is 19.3 Å². The summed E-state index contributed by atoms with van der Waals surface area (Å²) in [5.74, 6) is -1.70. The van der Waals surface area contributed by atoms with Gasteiger partial charge in [0.2, 0.25) is 0 Å². The van der Waals surface area contributed by atoms with Crippen LogP contribution in [0.2, 0.25) is 0 Å². The first kappa shape index (κ1) is 10.5. The van der Waals surface area contributed by atoms with Crippen molar-refractivity contribution in [1.82, 2.24) is 9.97 Å². The number of anilines is 1. The highest BCUT2D eigenvalue weighted by Crippen LogP contribution is 2.25. The number of hydrogen-bond acceptors (Lipinski definition) is 4. The van der Waals surface area contributed by atoms with Gasteiger partial charge in [0.25, 0.3) is 11.8 Å². The van der Waals surface area contributed by atoms with Crippen LogP contribution in [0.5, 0.6) is 0 Å². The Hall–Kier alpha value is -2.63. The van der Waals surface area contributed by atoms with Crippen LogP contribution in [0.3, 0.4) is 0 Å².